The smallest absolute Gasteiger partial charge is 0.150 e. The van der Waals surface area contributed by atoms with Crippen LogP contribution < -0.4 is 0 Å². The van der Waals surface area contributed by atoms with E-state index in [1.165, 1.54) is 44.5 Å². The van der Waals surface area contributed by atoms with Gasteiger partial charge >= 0.3 is 0 Å². The summed E-state index contributed by atoms with van der Waals surface area (Å²) in [6.07, 6.45) is 0.833. The topological polar surface area (TPSA) is 98.0 Å². The second-order valence-corrected chi connectivity index (χ2v) is 20.0. The van der Waals surface area contributed by atoms with Crippen LogP contribution in [0.25, 0.3) is 22.3 Å². The van der Waals surface area contributed by atoms with E-state index in [1.807, 2.05) is 83.1 Å². The van der Waals surface area contributed by atoms with E-state index in [2.05, 4.69) is 153 Å². The van der Waals surface area contributed by atoms with Gasteiger partial charge in [0.15, 0.2) is 0 Å². The maximum atomic E-state index is 11.3. The molecule has 0 spiro atoms. The highest BCUT2D eigenvalue weighted by molar-refractivity contribution is 5.88. The largest absolute Gasteiger partial charge is 0.508 e. The molecular formula is C70H60O5. The maximum Gasteiger partial charge on any atom is 0.150 e. The number of aromatic hydroxyl groups is 4. The van der Waals surface area contributed by atoms with Crippen LogP contribution in [0.2, 0.25) is 0 Å². The van der Waals surface area contributed by atoms with Crippen molar-refractivity contribution in [2.24, 2.45) is 0 Å². The summed E-state index contributed by atoms with van der Waals surface area (Å²) in [7, 11) is 0. The van der Waals surface area contributed by atoms with E-state index >= 15 is 0 Å². The molecule has 5 nitrogen and oxygen atoms in total. The monoisotopic (exact) mass is 980 g/mol. The molecule has 2 aliphatic rings. The zero-order valence-electron chi connectivity index (χ0n) is 43.1. The number of hydrogen-bond donors (Lipinski definition) is 4. The van der Waals surface area contributed by atoms with E-state index < -0.39 is 10.8 Å². The first-order valence-corrected chi connectivity index (χ1v) is 25.5. The van der Waals surface area contributed by atoms with Gasteiger partial charge in [-0.15, -0.1) is 0 Å². The van der Waals surface area contributed by atoms with Gasteiger partial charge in [-0.2, -0.15) is 0 Å². The molecule has 0 aromatic heterocycles. The van der Waals surface area contributed by atoms with Crippen molar-refractivity contribution in [1.82, 2.24) is 0 Å². The van der Waals surface area contributed by atoms with Gasteiger partial charge in [-0.3, -0.25) is 4.79 Å². The maximum absolute atomic E-state index is 11.3. The molecule has 0 heterocycles. The van der Waals surface area contributed by atoms with Crippen molar-refractivity contribution < 1.29 is 25.2 Å². The summed E-state index contributed by atoms with van der Waals surface area (Å²) in [6.45, 7) is 12.0. The van der Waals surface area contributed by atoms with Crippen LogP contribution >= 0.6 is 0 Å². The summed E-state index contributed by atoms with van der Waals surface area (Å²) in [5.41, 5.74) is 20.2. The number of rotatable bonds is 7. The Morgan fingerprint density at radius 2 is 0.693 bits per heavy atom. The molecule has 0 saturated heterocycles. The molecule has 10 aromatic carbocycles. The number of carbonyl (C=O) groups excluding carboxylic acids is 1. The third kappa shape index (κ3) is 8.45. The average Bonchev–Trinajstić information content (AvgIpc) is 3.93. The van der Waals surface area contributed by atoms with E-state index in [1.54, 1.807) is 24.3 Å². The van der Waals surface area contributed by atoms with Crippen LogP contribution in [0, 0.1) is 34.6 Å². The van der Waals surface area contributed by atoms with Crippen LogP contribution in [0.4, 0.5) is 0 Å². The highest BCUT2D eigenvalue weighted by Crippen LogP contribution is 2.59. The van der Waals surface area contributed by atoms with Gasteiger partial charge in [0.25, 0.3) is 0 Å². The Morgan fingerprint density at radius 1 is 0.360 bits per heavy atom. The molecule has 0 amide bonds. The lowest BCUT2D eigenvalue weighted by molar-refractivity contribution is 0.112. The van der Waals surface area contributed by atoms with Gasteiger partial charge in [-0.05, 0) is 153 Å². The van der Waals surface area contributed by atoms with Crippen LogP contribution in [-0.4, -0.2) is 26.7 Å². The second-order valence-electron chi connectivity index (χ2n) is 20.0. The summed E-state index contributed by atoms with van der Waals surface area (Å²) in [5.74, 6) is 1.29. The quantitative estimate of drug-likeness (QED) is 0.119. The lowest BCUT2D eigenvalue weighted by Gasteiger charge is -2.35. The Kier molecular flexibility index (Phi) is 13.4. The number of hydrogen-bond acceptors (Lipinski definition) is 5. The Labute approximate surface area is 440 Å². The molecule has 0 saturated carbocycles. The van der Waals surface area contributed by atoms with Gasteiger partial charge in [-0.25, -0.2) is 0 Å². The molecule has 0 aliphatic heterocycles. The highest BCUT2D eigenvalue weighted by atomic mass is 16.3. The molecule has 0 bridgehead atoms. The van der Waals surface area contributed by atoms with E-state index in [4.69, 9.17) is 0 Å². The van der Waals surface area contributed by atoms with E-state index in [-0.39, 0.29) is 5.92 Å². The Bertz CT molecular complexity index is 3590. The molecule has 12 rings (SSSR count). The fourth-order valence-corrected chi connectivity index (χ4v) is 11.8. The van der Waals surface area contributed by atoms with Gasteiger partial charge in [0, 0.05) is 17.0 Å². The predicted molar refractivity (Wildman–Crippen MR) is 304 cm³/mol. The van der Waals surface area contributed by atoms with Crippen LogP contribution in [0.15, 0.2) is 218 Å². The molecule has 10 aromatic rings. The van der Waals surface area contributed by atoms with Crippen molar-refractivity contribution >= 4 is 6.29 Å². The predicted octanol–water partition coefficient (Wildman–Crippen LogP) is 16.1. The van der Waals surface area contributed by atoms with Gasteiger partial charge in [0.05, 0.1) is 10.8 Å². The highest BCUT2D eigenvalue weighted by Gasteiger charge is 2.48. The zero-order valence-corrected chi connectivity index (χ0v) is 43.1. The van der Waals surface area contributed by atoms with Crippen molar-refractivity contribution in [2.75, 3.05) is 0 Å². The first-order chi connectivity index (χ1) is 36.3. The van der Waals surface area contributed by atoms with Crippen molar-refractivity contribution in [2.45, 2.75) is 58.3 Å². The molecule has 370 valence electrons. The number of aryl methyl sites for hydroxylation is 5. The fourth-order valence-electron chi connectivity index (χ4n) is 11.8. The Balaban J connectivity index is 0.000000153. The Hall–Kier alpha value is -8.93. The molecule has 5 heteroatoms. The second kappa shape index (κ2) is 20.2. The molecular weight excluding hydrogens is 921 g/mol. The summed E-state index contributed by atoms with van der Waals surface area (Å²) < 4.78 is 0. The normalized spacial score (nSPS) is 13.4. The van der Waals surface area contributed by atoms with Crippen LogP contribution in [-0.2, 0) is 10.8 Å². The van der Waals surface area contributed by atoms with Gasteiger partial charge < -0.3 is 20.4 Å². The summed E-state index contributed by atoms with van der Waals surface area (Å²) in [5, 5.41) is 42.4. The minimum absolute atomic E-state index is 0.0158. The summed E-state index contributed by atoms with van der Waals surface area (Å²) in [6, 6.07) is 74.2. The molecule has 75 heavy (non-hydrogen) atoms. The molecule has 2 aliphatic carbocycles. The number of carbonyl (C=O) groups is 1. The van der Waals surface area contributed by atoms with Crippen molar-refractivity contribution in [3.05, 3.63) is 307 Å². The lowest BCUT2D eigenvalue weighted by Crippen LogP contribution is -2.29. The third-order valence-electron chi connectivity index (χ3n) is 15.6. The molecule has 0 radical (unpaired) electrons. The van der Waals surface area contributed by atoms with E-state index in [0.29, 0.717) is 23.0 Å². The van der Waals surface area contributed by atoms with Crippen molar-refractivity contribution in [3.63, 3.8) is 0 Å². The average molecular weight is 981 g/mol. The minimum Gasteiger partial charge on any atom is -0.508 e. The molecule has 1 atom stereocenters. The fraction of sp³-hybridized carbons (Fsp3) is 0.129. The SMILES string of the molecule is Cc1cc(C2(c3cc(C)c(O)c(C(C)c4ccccc4)c3)c3ccccc3-c3ccccc32)cc(C)c1O.Cc1cc(C2(c3ccc(O)c(C)c3)c3ccccc3-c3ccccc32)ccc1O.O=Cc1ccccc1. The van der Waals surface area contributed by atoms with Gasteiger partial charge in [0.2, 0.25) is 0 Å². The number of phenolic OH excluding ortho intramolecular Hbond substituents is 4. The Morgan fingerprint density at radius 3 is 1.08 bits per heavy atom. The molecule has 1 unspecified atom stereocenters. The van der Waals surface area contributed by atoms with Crippen molar-refractivity contribution in [3.8, 4) is 45.3 Å². The zero-order chi connectivity index (χ0) is 52.6. The number of fused-ring (bicyclic) bond motifs is 6. The lowest BCUT2D eigenvalue weighted by atomic mass is 9.66. The first kappa shape index (κ1) is 49.6. The first-order valence-electron chi connectivity index (χ1n) is 25.5. The van der Waals surface area contributed by atoms with Gasteiger partial charge in [-0.1, -0.05) is 207 Å². The van der Waals surface area contributed by atoms with E-state index in [9.17, 15) is 25.2 Å². The van der Waals surface area contributed by atoms with Crippen LogP contribution in [0.3, 0.4) is 0 Å². The minimum atomic E-state index is -0.597. The van der Waals surface area contributed by atoms with Crippen molar-refractivity contribution in [1.29, 1.82) is 0 Å². The number of benzene rings is 10. The third-order valence-corrected chi connectivity index (χ3v) is 15.6. The standard InChI is InChI=1S/C36H32O2.C27H22O2.C7H6O/c1-22-18-27(19-23(2)34(22)37)36(32-16-10-8-14-29(32)30-15-9-11-17-33(30)36)28-20-24(3)35(38)31(21-28)25(4)26-12-6-5-7-13-26;1-17-15-19(11-13-25(17)28)27(20-12-14-26(29)18(2)16-20)23-9-5-3-7-21(23)22-8-4-6-10-24(22)27;8-6-7-4-2-1-3-5-7/h5-21,25,37-38H,1-4H3;3-16,28-29H,1-2H3;1-6H. The van der Waals surface area contributed by atoms with Crippen LogP contribution in [0.1, 0.15) is 107 Å². The van der Waals surface area contributed by atoms with Crippen LogP contribution in [0.5, 0.6) is 23.0 Å². The summed E-state index contributed by atoms with van der Waals surface area (Å²) >= 11 is 0. The number of aldehydes is 1. The number of phenols is 4. The van der Waals surface area contributed by atoms with Gasteiger partial charge in [0.1, 0.15) is 29.3 Å². The summed E-state index contributed by atoms with van der Waals surface area (Å²) in [4.78, 5) is 10.0. The molecule has 4 N–H and O–H groups in total. The van der Waals surface area contributed by atoms with E-state index in [0.717, 1.165) is 73.0 Å². The molecule has 0 fully saturated rings.